The molecule has 4 rings (SSSR count). The van der Waals surface area contributed by atoms with Gasteiger partial charge >= 0.3 is 0 Å². The number of fused-ring (bicyclic) bond motifs is 3. The maximum Gasteiger partial charge on any atom is 0.142 e. The minimum Gasteiger partial charge on any atom is -0.491 e. The first-order valence-electron chi connectivity index (χ1n) is 10.1. The number of unbranched alkanes of at least 4 members (excludes halogenated alkanes) is 1. The molecule has 0 amide bonds. The summed E-state index contributed by atoms with van der Waals surface area (Å²) in [5.74, 6) is 2.03. The van der Waals surface area contributed by atoms with Crippen LogP contribution in [0.3, 0.4) is 0 Å². The van der Waals surface area contributed by atoms with Crippen LogP contribution < -0.4 is 15.0 Å². The zero-order valence-corrected chi connectivity index (χ0v) is 16.6. The SMILES string of the molecule is CCCCOc1cccc2c1NC(c1ccc(N(C)C)cc1)C1CC=CC21. The van der Waals surface area contributed by atoms with Gasteiger partial charge in [0.25, 0.3) is 0 Å². The average molecular weight is 363 g/mol. The number of nitrogens with one attached hydrogen (secondary N) is 1. The minimum atomic E-state index is 0.310. The van der Waals surface area contributed by atoms with E-state index in [1.165, 1.54) is 22.5 Å². The van der Waals surface area contributed by atoms with Gasteiger partial charge < -0.3 is 15.0 Å². The summed E-state index contributed by atoms with van der Waals surface area (Å²) in [6.45, 7) is 2.98. The average Bonchev–Trinajstić information content (AvgIpc) is 3.18. The number of nitrogens with zero attached hydrogens (tertiary/aromatic N) is 1. The van der Waals surface area contributed by atoms with Crippen LogP contribution >= 0.6 is 0 Å². The summed E-state index contributed by atoms with van der Waals surface area (Å²) >= 11 is 0. The lowest BCUT2D eigenvalue weighted by Gasteiger charge is -2.38. The van der Waals surface area contributed by atoms with Crippen molar-refractivity contribution in [2.45, 2.75) is 38.1 Å². The second kappa shape index (κ2) is 7.67. The maximum atomic E-state index is 6.13. The Labute approximate surface area is 163 Å². The molecule has 27 heavy (non-hydrogen) atoms. The fraction of sp³-hybridized carbons (Fsp3) is 0.417. The summed E-state index contributed by atoms with van der Waals surface area (Å²) in [6, 6.07) is 15.8. The largest absolute Gasteiger partial charge is 0.491 e. The highest BCUT2D eigenvalue weighted by Crippen LogP contribution is 2.52. The van der Waals surface area contributed by atoms with E-state index in [9.17, 15) is 0 Å². The lowest BCUT2D eigenvalue weighted by Crippen LogP contribution is -2.29. The zero-order chi connectivity index (χ0) is 18.8. The van der Waals surface area contributed by atoms with Crippen molar-refractivity contribution >= 4 is 11.4 Å². The number of para-hydroxylation sites is 1. The number of allylic oxidation sites excluding steroid dienone is 2. The van der Waals surface area contributed by atoms with Crippen molar-refractivity contribution in [3.05, 3.63) is 65.7 Å². The fourth-order valence-corrected chi connectivity index (χ4v) is 4.35. The molecule has 0 bridgehead atoms. The molecule has 0 saturated carbocycles. The normalized spacial score (nSPS) is 22.7. The Kier molecular flexibility index (Phi) is 5.11. The van der Waals surface area contributed by atoms with Gasteiger partial charge in [-0.05, 0) is 48.1 Å². The first-order valence-corrected chi connectivity index (χ1v) is 10.1. The monoisotopic (exact) mass is 362 g/mol. The zero-order valence-electron chi connectivity index (χ0n) is 16.6. The first-order chi connectivity index (χ1) is 13.2. The Morgan fingerprint density at radius 2 is 1.93 bits per heavy atom. The van der Waals surface area contributed by atoms with Crippen LogP contribution in [0.4, 0.5) is 11.4 Å². The first kappa shape index (κ1) is 18.0. The third kappa shape index (κ3) is 3.43. The van der Waals surface area contributed by atoms with Crippen molar-refractivity contribution in [1.82, 2.24) is 0 Å². The molecule has 0 aromatic heterocycles. The van der Waals surface area contributed by atoms with Crippen molar-refractivity contribution in [1.29, 1.82) is 0 Å². The number of benzene rings is 2. The summed E-state index contributed by atoms with van der Waals surface area (Å²) in [4.78, 5) is 2.15. The summed E-state index contributed by atoms with van der Waals surface area (Å²) in [6.07, 6.45) is 8.10. The predicted molar refractivity (Wildman–Crippen MR) is 114 cm³/mol. The molecule has 3 nitrogen and oxygen atoms in total. The number of hydrogen-bond donors (Lipinski definition) is 1. The van der Waals surface area contributed by atoms with Gasteiger partial charge in [0.1, 0.15) is 5.75 Å². The molecule has 1 N–H and O–H groups in total. The molecule has 142 valence electrons. The van der Waals surface area contributed by atoms with Crippen LogP contribution in [0.25, 0.3) is 0 Å². The van der Waals surface area contributed by atoms with Gasteiger partial charge in [0.2, 0.25) is 0 Å². The van der Waals surface area contributed by atoms with Crippen molar-refractivity contribution in [2.24, 2.45) is 5.92 Å². The molecule has 0 saturated heterocycles. The number of hydrogen-bond acceptors (Lipinski definition) is 3. The smallest absolute Gasteiger partial charge is 0.142 e. The Hall–Kier alpha value is -2.42. The van der Waals surface area contributed by atoms with Gasteiger partial charge in [0.15, 0.2) is 0 Å². The Morgan fingerprint density at radius 1 is 1.11 bits per heavy atom. The topological polar surface area (TPSA) is 24.5 Å². The molecule has 2 aromatic rings. The van der Waals surface area contributed by atoms with Gasteiger partial charge in [-0.1, -0.05) is 49.8 Å². The molecule has 3 unspecified atom stereocenters. The van der Waals surface area contributed by atoms with Gasteiger partial charge in [0, 0.05) is 25.7 Å². The van der Waals surface area contributed by atoms with E-state index in [4.69, 9.17) is 4.74 Å². The van der Waals surface area contributed by atoms with E-state index in [-0.39, 0.29) is 0 Å². The number of anilines is 2. The van der Waals surface area contributed by atoms with E-state index in [2.05, 4.69) is 85.9 Å². The maximum absolute atomic E-state index is 6.13. The van der Waals surface area contributed by atoms with Crippen LogP contribution in [0.1, 0.15) is 49.3 Å². The van der Waals surface area contributed by atoms with Crippen LogP contribution in [0.15, 0.2) is 54.6 Å². The molecule has 1 heterocycles. The van der Waals surface area contributed by atoms with E-state index in [1.807, 2.05) is 0 Å². The van der Waals surface area contributed by atoms with Gasteiger partial charge in [-0.15, -0.1) is 0 Å². The standard InChI is InChI=1S/C24H30N2O/c1-4-5-16-27-22-11-7-10-21-19-8-6-9-20(19)23(25-24(21)22)17-12-14-18(15-13-17)26(2)3/h6-8,10-15,19-20,23,25H,4-5,9,16H2,1-3H3. The molecule has 3 heteroatoms. The van der Waals surface area contributed by atoms with Crippen LogP contribution in [-0.2, 0) is 0 Å². The lowest BCUT2D eigenvalue weighted by molar-refractivity contribution is 0.308. The van der Waals surface area contributed by atoms with Crippen molar-refractivity contribution < 1.29 is 4.74 Å². The molecule has 3 atom stereocenters. The molecule has 2 aliphatic rings. The van der Waals surface area contributed by atoms with Crippen molar-refractivity contribution in [3.63, 3.8) is 0 Å². The van der Waals surface area contributed by atoms with Gasteiger partial charge in [-0.2, -0.15) is 0 Å². The molecule has 0 radical (unpaired) electrons. The predicted octanol–water partition coefficient (Wildman–Crippen LogP) is 5.76. The number of rotatable bonds is 6. The molecule has 2 aromatic carbocycles. The molecule has 1 aliphatic carbocycles. The van der Waals surface area contributed by atoms with Gasteiger partial charge in [0.05, 0.1) is 18.3 Å². The van der Waals surface area contributed by atoms with E-state index in [0.29, 0.717) is 17.9 Å². The van der Waals surface area contributed by atoms with Crippen molar-refractivity contribution in [2.75, 3.05) is 30.9 Å². The molecule has 0 fully saturated rings. The molecule has 0 spiro atoms. The summed E-state index contributed by atoms with van der Waals surface area (Å²) in [7, 11) is 4.17. The third-order valence-electron chi connectivity index (χ3n) is 5.88. The van der Waals surface area contributed by atoms with E-state index < -0.39 is 0 Å². The highest BCUT2D eigenvalue weighted by atomic mass is 16.5. The third-order valence-corrected chi connectivity index (χ3v) is 5.88. The van der Waals surface area contributed by atoms with Gasteiger partial charge in [-0.25, -0.2) is 0 Å². The second-order valence-electron chi connectivity index (χ2n) is 7.88. The van der Waals surface area contributed by atoms with Crippen molar-refractivity contribution in [3.8, 4) is 5.75 Å². The number of ether oxygens (including phenoxy) is 1. The molecular formula is C24H30N2O. The van der Waals surface area contributed by atoms with Crippen LogP contribution in [0, 0.1) is 5.92 Å². The van der Waals surface area contributed by atoms with Crippen LogP contribution in [0.2, 0.25) is 0 Å². The lowest BCUT2D eigenvalue weighted by atomic mass is 9.77. The van der Waals surface area contributed by atoms with Gasteiger partial charge in [-0.3, -0.25) is 0 Å². The fourth-order valence-electron chi connectivity index (χ4n) is 4.35. The second-order valence-corrected chi connectivity index (χ2v) is 7.88. The summed E-state index contributed by atoms with van der Waals surface area (Å²) in [5, 5.41) is 3.85. The quantitative estimate of drug-likeness (QED) is 0.522. The highest BCUT2D eigenvalue weighted by molar-refractivity contribution is 5.68. The Balaban J connectivity index is 1.67. The van der Waals surface area contributed by atoms with E-state index in [1.54, 1.807) is 0 Å². The molecule has 1 aliphatic heterocycles. The van der Waals surface area contributed by atoms with E-state index >= 15 is 0 Å². The summed E-state index contributed by atoms with van der Waals surface area (Å²) < 4.78 is 6.13. The Morgan fingerprint density at radius 3 is 2.67 bits per heavy atom. The van der Waals surface area contributed by atoms with Crippen LogP contribution in [-0.4, -0.2) is 20.7 Å². The minimum absolute atomic E-state index is 0.310. The highest BCUT2D eigenvalue weighted by Gasteiger charge is 2.38. The Bertz CT molecular complexity index is 810. The summed E-state index contributed by atoms with van der Waals surface area (Å²) in [5.41, 5.74) is 5.15. The van der Waals surface area contributed by atoms with Crippen LogP contribution in [0.5, 0.6) is 5.75 Å². The molecular weight excluding hydrogens is 332 g/mol. The van der Waals surface area contributed by atoms with E-state index in [0.717, 1.165) is 31.6 Å².